The monoisotopic (exact) mass is 276 g/mol. The fourth-order valence-electron chi connectivity index (χ4n) is 2.16. The number of halogens is 3. The van der Waals surface area contributed by atoms with E-state index in [2.05, 4.69) is 0 Å². The Balaban J connectivity index is 2.32. The van der Waals surface area contributed by atoms with Gasteiger partial charge in [0.1, 0.15) is 5.75 Å². The second kappa shape index (κ2) is 5.38. The van der Waals surface area contributed by atoms with Crippen LogP contribution >= 0.6 is 0 Å². The molecule has 0 bridgehead atoms. The van der Waals surface area contributed by atoms with Crippen LogP contribution in [-0.4, -0.2) is 24.9 Å². The van der Waals surface area contributed by atoms with E-state index < -0.39 is 23.9 Å². The molecule has 6 heteroatoms. The first kappa shape index (κ1) is 14.1. The van der Waals surface area contributed by atoms with Crippen LogP contribution < -0.4 is 4.74 Å². The topological polar surface area (TPSA) is 38.7 Å². The summed E-state index contributed by atoms with van der Waals surface area (Å²) in [5, 5.41) is 9.54. The number of rotatable bonds is 2. The number of ether oxygens (including phenoxy) is 2. The number of aliphatic hydroxyl groups excluding tert-OH is 1. The van der Waals surface area contributed by atoms with Gasteiger partial charge in [0.15, 0.2) is 0 Å². The number of alkyl halides is 3. The first-order valence-electron chi connectivity index (χ1n) is 5.96. The van der Waals surface area contributed by atoms with Crippen LogP contribution in [0.15, 0.2) is 18.2 Å². The Labute approximate surface area is 108 Å². The molecular formula is C13H15F3O3. The number of hydrogen-bond donors (Lipinski definition) is 1. The van der Waals surface area contributed by atoms with Gasteiger partial charge in [-0.2, -0.15) is 13.2 Å². The zero-order valence-corrected chi connectivity index (χ0v) is 10.4. The van der Waals surface area contributed by atoms with E-state index in [9.17, 15) is 18.3 Å². The van der Waals surface area contributed by atoms with Gasteiger partial charge >= 0.3 is 6.18 Å². The summed E-state index contributed by atoms with van der Waals surface area (Å²) in [6.45, 7) is 0.346. The lowest BCUT2D eigenvalue weighted by atomic mass is 9.97. The largest absolute Gasteiger partial charge is 0.496 e. The Morgan fingerprint density at radius 3 is 2.68 bits per heavy atom. The van der Waals surface area contributed by atoms with E-state index >= 15 is 0 Å². The second-order valence-electron chi connectivity index (χ2n) is 4.50. The maximum atomic E-state index is 12.9. The molecule has 1 aromatic rings. The van der Waals surface area contributed by atoms with Gasteiger partial charge in [-0.25, -0.2) is 0 Å². The van der Waals surface area contributed by atoms with Crippen molar-refractivity contribution in [3.05, 3.63) is 29.3 Å². The summed E-state index contributed by atoms with van der Waals surface area (Å²) in [4.78, 5) is 0. The second-order valence-corrected chi connectivity index (χ2v) is 4.50. The van der Waals surface area contributed by atoms with Crippen LogP contribution in [0, 0.1) is 0 Å². The van der Waals surface area contributed by atoms with E-state index in [-0.39, 0.29) is 5.75 Å². The standard InChI is InChI=1S/C13H15F3O3/c1-18-11-3-2-8(6-10(11)13(14,15)16)12-7-9(17)4-5-19-12/h2-3,6,9,12,17H,4-5,7H2,1H3. The molecule has 2 unspecified atom stereocenters. The normalized spacial score (nSPS) is 24.3. The van der Waals surface area contributed by atoms with E-state index in [0.29, 0.717) is 25.0 Å². The third-order valence-corrected chi connectivity index (χ3v) is 3.16. The summed E-state index contributed by atoms with van der Waals surface area (Å²) in [7, 11) is 1.20. The lowest BCUT2D eigenvalue weighted by Crippen LogP contribution is -2.23. The van der Waals surface area contributed by atoms with Crippen molar-refractivity contribution in [2.45, 2.75) is 31.2 Å². The van der Waals surface area contributed by atoms with Gasteiger partial charge in [-0.1, -0.05) is 6.07 Å². The molecule has 106 valence electrons. The molecule has 1 saturated heterocycles. The third-order valence-electron chi connectivity index (χ3n) is 3.16. The minimum Gasteiger partial charge on any atom is -0.496 e. The molecule has 19 heavy (non-hydrogen) atoms. The minimum absolute atomic E-state index is 0.215. The number of aliphatic hydroxyl groups is 1. The van der Waals surface area contributed by atoms with Gasteiger partial charge in [0.05, 0.1) is 24.9 Å². The van der Waals surface area contributed by atoms with E-state index in [1.54, 1.807) is 0 Å². The average molecular weight is 276 g/mol. The summed E-state index contributed by atoms with van der Waals surface area (Å²) >= 11 is 0. The van der Waals surface area contributed by atoms with Crippen molar-refractivity contribution in [3.8, 4) is 5.75 Å². The maximum Gasteiger partial charge on any atom is 0.419 e. The van der Waals surface area contributed by atoms with Crippen molar-refractivity contribution in [3.63, 3.8) is 0 Å². The van der Waals surface area contributed by atoms with Crippen molar-refractivity contribution in [2.75, 3.05) is 13.7 Å². The molecule has 0 radical (unpaired) electrons. The summed E-state index contributed by atoms with van der Waals surface area (Å²) in [6.07, 6.45) is -4.69. The Kier molecular flexibility index (Phi) is 4.01. The first-order chi connectivity index (χ1) is 8.91. The zero-order chi connectivity index (χ0) is 14.0. The smallest absolute Gasteiger partial charge is 0.419 e. The molecule has 1 aliphatic rings. The molecule has 2 atom stereocenters. The van der Waals surface area contributed by atoms with Crippen molar-refractivity contribution < 1.29 is 27.8 Å². The average Bonchev–Trinajstić information content (AvgIpc) is 2.37. The van der Waals surface area contributed by atoms with Crippen LogP contribution in [-0.2, 0) is 10.9 Å². The van der Waals surface area contributed by atoms with Crippen molar-refractivity contribution in [1.29, 1.82) is 0 Å². The quantitative estimate of drug-likeness (QED) is 0.902. The third kappa shape index (κ3) is 3.19. The summed E-state index contributed by atoms with van der Waals surface area (Å²) in [6, 6.07) is 3.85. The molecule has 1 aliphatic heterocycles. The van der Waals surface area contributed by atoms with Crippen LogP contribution in [0.5, 0.6) is 5.75 Å². The van der Waals surface area contributed by atoms with Gasteiger partial charge in [-0.15, -0.1) is 0 Å². The van der Waals surface area contributed by atoms with Crippen LogP contribution in [0.1, 0.15) is 30.1 Å². The summed E-state index contributed by atoms with van der Waals surface area (Å²) in [5.41, 5.74) is -0.414. The molecule has 1 fully saturated rings. The van der Waals surface area contributed by atoms with Gasteiger partial charge in [0, 0.05) is 13.0 Å². The predicted molar refractivity (Wildman–Crippen MR) is 61.9 cm³/mol. The minimum atomic E-state index is -4.48. The molecule has 1 heterocycles. The van der Waals surface area contributed by atoms with Gasteiger partial charge in [-0.05, 0) is 24.1 Å². The van der Waals surface area contributed by atoms with Crippen molar-refractivity contribution in [1.82, 2.24) is 0 Å². The zero-order valence-electron chi connectivity index (χ0n) is 10.4. The van der Waals surface area contributed by atoms with E-state index in [4.69, 9.17) is 9.47 Å². The van der Waals surface area contributed by atoms with Crippen LogP contribution in [0.3, 0.4) is 0 Å². The Morgan fingerprint density at radius 1 is 1.37 bits per heavy atom. The van der Waals surface area contributed by atoms with E-state index in [1.165, 1.54) is 19.2 Å². The first-order valence-corrected chi connectivity index (χ1v) is 5.96. The number of benzene rings is 1. The van der Waals surface area contributed by atoms with E-state index in [1.807, 2.05) is 0 Å². The molecule has 1 aromatic carbocycles. The molecule has 1 N–H and O–H groups in total. The van der Waals surface area contributed by atoms with Gasteiger partial charge in [0.2, 0.25) is 0 Å². The number of methoxy groups -OCH3 is 1. The highest BCUT2D eigenvalue weighted by Crippen LogP contribution is 2.39. The fourth-order valence-corrected chi connectivity index (χ4v) is 2.16. The van der Waals surface area contributed by atoms with Gasteiger partial charge < -0.3 is 14.6 Å². The molecule has 0 saturated carbocycles. The van der Waals surface area contributed by atoms with Crippen LogP contribution in [0.4, 0.5) is 13.2 Å². The highest BCUT2D eigenvalue weighted by atomic mass is 19.4. The maximum absolute atomic E-state index is 12.9. The summed E-state index contributed by atoms with van der Waals surface area (Å²) in [5.74, 6) is -0.215. The van der Waals surface area contributed by atoms with E-state index in [0.717, 1.165) is 6.07 Å². The van der Waals surface area contributed by atoms with Gasteiger partial charge in [0.25, 0.3) is 0 Å². The molecule has 0 spiro atoms. The highest BCUT2D eigenvalue weighted by molar-refractivity contribution is 5.40. The fraction of sp³-hybridized carbons (Fsp3) is 0.538. The molecule has 0 aromatic heterocycles. The van der Waals surface area contributed by atoms with Crippen LogP contribution in [0.2, 0.25) is 0 Å². The highest BCUT2D eigenvalue weighted by Gasteiger charge is 2.35. The van der Waals surface area contributed by atoms with Crippen molar-refractivity contribution >= 4 is 0 Å². The molecule has 0 amide bonds. The molecule has 0 aliphatic carbocycles. The van der Waals surface area contributed by atoms with Crippen LogP contribution in [0.25, 0.3) is 0 Å². The molecule has 2 rings (SSSR count). The summed E-state index contributed by atoms with van der Waals surface area (Å²) < 4.78 is 48.8. The molecular weight excluding hydrogens is 261 g/mol. The lowest BCUT2D eigenvalue weighted by molar-refractivity contribution is -0.138. The van der Waals surface area contributed by atoms with Gasteiger partial charge in [-0.3, -0.25) is 0 Å². The van der Waals surface area contributed by atoms with Crippen molar-refractivity contribution in [2.24, 2.45) is 0 Å². The number of hydrogen-bond acceptors (Lipinski definition) is 3. The predicted octanol–water partition coefficient (Wildman–Crippen LogP) is 2.93. The molecule has 3 nitrogen and oxygen atoms in total. The SMILES string of the molecule is COc1ccc(C2CC(O)CCO2)cc1C(F)(F)F. The Bertz CT molecular complexity index is 445. The lowest BCUT2D eigenvalue weighted by Gasteiger charge is -2.27. The Hall–Kier alpha value is -1.27. The Morgan fingerprint density at radius 2 is 2.11 bits per heavy atom.